The Morgan fingerprint density at radius 2 is 1.75 bits per heavy atom. The molecule has 0 amide bonds. The number of carbonyl (C=O) groups is 1. The van der Waals surface area contributed by atoms with E-state index in [9.17, 15) is 4.79 Å². The molecule has 0 aliphatic heterocycles. The summed E-state index contributed by atoms with van der Waals surface area (Å²) in [4.78, 5) is 17.7. The molecule has 0 fully saturated rings. The normalized spacial score (nSPS) is 12.4. The lowest BCUT2D eigenvalue weighted by Crippen LogP contribution is -2.49. The van der Waals surface area contributed by atoms with Crippen LogP contribution in [0.4, 0.5) is 0 Å². The minimum Gasteiger partial charge on any atom is -0.288 e. The van der Waals surface area contributed by atoms with Gasteiger partial charge in [-0.05, 0) is 5.04 Å². The molecular formula is C16H21NOSSi. The molecule has 1 aromatic heterocycles. The summed E-state index contributed by atoms with van der Waals surface area (Å²) in [7, 11) is -1.65. The molecule has 0 atom stereocenters. The molecule has 0 aliphatic carbocycles. The molecule has 0 bridgehead atoms. The van der Waals surface area contributed by atoms with Gasteiger partial charge in [-0.15, -0.1) is 11.3 Å². The number of ketones is 1. The van der Waals surface area contributed by atoms with Crippen molar-refractivity contribution in [3.05, 3.63) is 47.0 Å². The van der Waals surface area contributed by atoms with Crippen LogP contribution in [0.3, 0.4) is 0 Å². The molecule has 106 valence electrons. The van der Waals surface area contributed by atoms with E-state index in [1.54, 1.807) is 17.5 Å². The second-order valence-electron chi connectivity index (χ2n) is 6.60. The van der Waals surface area contributed by atoms with Crippen molar-refractivity contribution in [1.82, 2.24) is 4.98 Å². The number of hydrogen-bond acceptors (Lipinski definition) is 3. The first-order valence-corrected chi connectivity index (χ1v) is 10.6. The van der Waals surface area contributed by atoms with Crippen molar-refractivity contribution in [2.24, 2.45) is 0 Å². The van der Waals surface area contributed by atoms with Crippen LogP contribution >= 0.6 is 11.3 Å². The van der Waals surface area contributed by atoms with Crippen LogP contribution in [0, 0.1) is 0 Å². The van der Waals surface area contributed by atoms with Crippen LogP contribution in [0.25, 0.3) is 0 Å². The van der Waals surface area contributed by atoms with Crippen molar-refractivity contribution < 1.29 is 4.79 Å². The monoisotopic (exact) mass is 303 g/mol. The van der Waals surface area contributed by atoms with Gasteiger partial charge in [0.1, 0.15) is 8.07 Å². The highest BCUT2D eigenvalue weighted by Gasteiger charge is 2.39. The van der Waals surface area contributed by atoms with Gasteiger partial charge in [0.05, 0.1) is 9.51 Å². The molecule has 0 saturated carbocycles. The van der Waals surface area contributed by atoms with Gasteiger partial charge in [0.2, 0.25) is 5.78 Å². The van der Waals surface area contributed by atoms with Gasteiger partial charge in [0.25, 0.3) is 0 Å². The molecule has 0 saturated heterocycles. The van der Waals surface area contributed by atoms with Gasteiger partial charge in [-0.3, -0.25) is 9.78 Å². The average molecular weight is 304 g/mol. The SMILES string of the molecule is CC(C)(C)[Si](C)(C)c1ncc(C(=O)c2ccccc2)s1. The van der Waals surface area contributed by atoms with Crippen molar-refractivity contribution in [1.29, 1.82) is 0 Å². The highest BCUT2D eigenvalue weighted by Crippen LogP contribution is 2.36. The smallest absolute Gasteiger partial charge is 0.204 e. The highest BCUT2D eigenvalue weighted by atomic mass is 32.1. The highest BCUT2D eigenvalue weighted by molar-refractivity contribution is 7.27. The Bertz CT molecular complexity index is 611. The van der Waals surface area contributed by atoms with E-state index in [4.69, 9.17) is 0 Å². The van der Waals surface area contributed by atoms with E-state index in [0.717, 1.165) is 15.1 Å². The molecular weight excluding hydrogens is 282 g/mol. The fourth-order valence-corrected chi connectivity index (χ4v) is 5.65. The second-order valence-corrected chi connectivity index (χ2v) is 13.2. The maximum absolute atomic E-state index is 12.4. The van der Waals surface area contributed by atoms with E-state index in [2.05, 4.69) is 38.8 Å². The first kappa shape index (κ1) is 15.1. The molecule has 0 radical (unpaired) electrons. The van der Waals surface area contributed by atoms with Gasteiger partial charge in [0.15, 0.2) is 0 Å². The van der Waals surface area contributed by atoms with E-state index in [1.165, 1.54) is 0 Å². The van der Waals surface area contributed by atoms with Gasteiger partial charge in [-0.25, -0.2) is 0 Å². The van der Waals surface area contributed by atoms with Gasteiger partial charge in [-0.1, -0.05) is 64.2 Å². The minimum absolute atomic E-state index is 0.0769. The summed E-state index contributed by atoms with van der Waals surface area (Å²) in [5.41, 5.74) is 0.734. The summed E-state index contributed by atoms with van der Waals surface area (Å²) in [5.74, 6) is 0.0769. The lowest BCUT2D eigenvalue weighted by molar-refractivity contribution is 0.104. The van der Waals surface area contributed by atoms with Crippen molar-refractivity contribution in [3.63, 3.8) is 0 Å². The fourth-order valence-electron chi connectivity index (χ4n) is 1.72. The molecule has 4 heteroatoms. The third kappa shape index (κ3) is 2.76. The number of thiazole rings is 1. The first-order chi connectivity index (χ1) is 9.23. The Labute approximate surface area is 125 Å². The molecule has 1 aromatic carbocycles. The van der Waals surface area contributed by atoms with Crippen LogP contribution in [0.15, 0.2) is 36.5 Å². The van der Waals surface area contributed by atoms with E-state index in [1.807, 2.05) is 30.3 Å². The first-order valence-electron chi connectivity index (χ1n) is 6.79. The van der Waals surface area contributed by atoms with Crippen molar-refractivity contribution >= 4 is 29.8 Å². The topological polar surface area (TPSA) is 30.0 Å². The number of hydrogen-bond donors (Lipinski definition) is 0. The van der Waals surface area contributed by atoms with E-state index < -0.39 is 8.07 Å². The number of nitrogens with zero attached hydrogens (tertiary/aromatic N) is 1. The third-order valence-corrected chi connectivity index (χ3v) is 11.8. The Balaban J connectivity index is 2.33. The van der Waals surface area contributed by atoms with Gasteiger partial charge in [-0.2, -0.15) is 0 Å². The predicted molar refractivity (Wildman–Crippen MR) is 88.8 cm³/mol. The predicted octanol–water partition coefficient (Wildman–Crippen LogP) is 4.09. The van der Waals surface area contributed by atoms with Crippen molar-refractivity contribution in [2.75, 3.05) is 0 Å². The third-order valence-electron chi connectivity index (χ3n) is 4.18. The van der Waals surface area contributed by atoms with Crippen LogP contribution < -0.4 is 4.63 Å². The minimum atomic E-state index is -1.65. The molecule has 0 spiro atoms. The molecule has 20 heavy (non-hydrogen) atoms. The van der Waals surface area contributed by atoms with Crippen LogP contribution in [0.2, 0.25) is 18.1 Å². The van der Waals surface area contributed by atoms with Gasteiger partial charge >= 0.3 is 0 Å². The molecule has 2 rings (SSSR count). The zero-order chi connectivity index (χ0) is 15.0. The van der Waals surface area contributed by atoms with E-state index >= 15 is 0 Å². The lowest BCUT2D eigenvalue weighted by Gasteiger charge is -2.34. The van der Waals surface area contributed by atoms with E-state index in [-0.39, 0.29) is 10.8 Å². The molecule has 2 nitrogen and oxygen atoms in total. The quantitative estimate of drug-likeness (QED) is 0.631. The van der Waals surface area contributed by atoms with Crippen LogP contribution in [-0.2, 0) is 0 Å². The standard InChI is InChI=1S/C16H21NOSSi/c1-16(2,3)20(4,5)15-17-11-13(19-15)14(18)12-9-7-6-8-10-12/h6-11H,1-5H3. The number of aromatic nitrogens is 1. The van der Waals surface area contributed by atoms with E-state index in [0.29, 0.717) is 0 Å². The molecule has 0 aliphatic rings. The second kappa shape index (κ2) is 5.26. The summed E-state index contributed by atoms with van der Waals surface area (Å²) < 4.78 is 1.16. The summed E-state index contributed by atoms with van der Waals surface area (Å²) >= 11 is 1.57. The Hall–Kier alpha value is -1.26. The zero-order valence-corrected chi connectivity index (χ0v) is 14.5. The summed E-state index contributed by atoms with van der Waals surface area (Å²) in [6.45, 7) is 11.4. The van der Waals surface area contributed by atoms with Crippen LogP contribution in [0.1, 0.15) is 36.0 Å². The maximum Gasteiger partial charge on any atom is 0.204 e. The van der Waals surface area contributed by atoms with Crippen LogP contribution in [0.5, 0.6) is 0 Å². The molecule has 1 heterocycles. The Morgan fingerprint density at radius 3 is 2.30 bits per heavy atom. The Morgan fingerprint density at radius 1 is 1.15 bits per heavy atom. The average Bonchev–Trinajstić information content (AvgIpc) is 2.87. The molecule has 0 N–H and O–H groups in total. The fraction of sp³-hybridized carbons (Fsp3) is 0.375. The molecule has 2 aromatic rings. The summed E-state index contributed by atoms with van der Waals surface area (Å²) in [5, 5.41) is 0.234. The Kier molecular flexibility index (Phi) is 3.98. The molecule has 0 unspecified atom stereocenters. The van der Waals surface area contributed by atoms with Gasteiger partial charge < -0.3 is 0 Å². The summed E-state index contributed by atoms with van der Waals surface area (Å²) in [6, 6.07) is 9.42. The maximum atomic E-state index is 12.4. The van der Waals surface area contributed by atoms with Gasteiger partial charge in [0, 0.05) is 11.8 Å². The zero-order valence-electron chi connectivity index (χ0n) is 12.7. The largest absolute Gasteiger partial charge is 0.288 e. The number of benzene rings is 1. The number of carbonyl (C=O) groups excluding carboxylic acids is 1. The van der Waals surface area contributed by atoms with Crippen molar-refractivity contribution in [2.45, 2.75) is 38.9 Å². The lowest BCUT2D eigenvalue weighted by atomic mass is 10.1. The van der Waals surface area contributed by atoms with Crippen LogP contribution in [-0.4, -0.2) is 18.8 Å². The number of rotatable bonds is 3. The van der Waals surface area contributed by atoms with Crippen molar-refractivity contribution in [3.8, 4) is 0 Å². The summed E-state index contributed by atoms with van der Waals surface area (Å²) in [6.07, 6.45) is 1.75.